The Morgan fingerprint density at radius 2 is 1.52 bits per heavy atom. The zero-order valence-electron chi connectivity index (χ0n) is 13.4. The van der Waals surface area contributed by atoms with Gasteiger partial charge >= 0.3 is 0 Å². The van der Waals surface area contributed by atoms with Gasteiger partial charge in [0.15, 0.2) is 0 Å². The predicted octanol–water partition coefficient (Wildman–Crippen LogP) is 4.34. The molecule has 21 heavy (non-hydrogen) atoms. The first-order valence-electron chi connectivity index (χ1n) is 7.61. The second kappa shape index (κ2) is 7.28. The molecule has 0 saturated carbocycles. The predicted molar refractivity (Wildman–Crippen MR) is 89.0 cm³/mol. The first-order valence-corrected chi connectivity index (χ1v) is 7.61. The lowest BCUT2D eigenvalue weighted by Gasteiger charge is -2.22. The second-order valence-corrected chi connectivity index (χ2v) is 5.50. The molecule has 2 heteroatoms. The van der Waals surface area contributed by atoms with E-state index in [1.54, 1.807) is 0 Å². The van der Waals surface area contributed by atoms with Gasteiger partial charge in [-0.25, -0.2) is 0 Å². The van der Waals surface area contributed by atoms with E-state index in [2.05, 4.69) is 75.5 Å². The quantitative estimate of drug-likeness (QED) is 0.851. The minimum Gasteiger partial charge on any atom is -0.491 e. The van der Waals surface area contributed by atoms with Crippen molar-refractivity contribution in [1.29, 1.82) is 0 Å². The van der Waals surface area contributed by atoms with Crippen LogP contribution >= 0.6 is 0 Å². The molecule has 1 unspecified atom stereocenters. The average molecular weight is 283 g/mol. The van der Waals surface area contributed by atoms with Crippen molar-refractivity contribution >= 4 is 0 Å². The summed E-state index contributed by atoms with van der Waals surface area (Å²) in [6.45, 7) is 10.0. The van der Waals surface area contributed by atoms with Gasteiger partial charge in [-0.2, -0.15) is 0 Å². The molecule has 0 amide bonds. The van der Waals surface area contributed by atoms with Crippen molar-refractivity contribution in [3.05, 3.63) is 64.7 Å². The van der Waals surface area contributed by atoms with Crippen LogP contribution in [0.1, 0.15) is 35.2 Å². The maximum Gasteiger partial charge on any atom is 0.125 e. The molecule has 2 aromatic carbocycles. The fraction of sp³-hybridized carbons (Fsp3) is 0.368. The Balaban J connectivity index is 2.16. The van der Waals surface area contributed by atoms with Crippen molar-refractivity contribution in [1.82, 2.24) is 5.32 Å². The molecule has 0 aliphatic rings. The van der Waals surface area contributed by atoms with Crippen molar-refractivity contribution in [2.24, 2.45) is 0 Å². The fourth-order valence-electron chi connectivity index (χ4n) is 2.68. The van der Waals surface area contributed by atoms with Crippen LogP contribution in [0.2, 0.25) is 0 Å². The molecule has 0 bridgehead atoms. The molecule has 0 heterocycles. The van der Waals surface area contributed by atoms with E-state index in [-0.39, 0.29) is 6.04 Å². The lowest BCUT2D eigenvalue weighted by molar-refractivity contribution is 0.264. The first kappa shape index (κ1) is 15.6. The van der Waals surface area contributed by atoms with Crippen LogP contribution in [0.5, 0.6) is 5.75 Å². The number of hydrogen-bond donors (Lipinski definition) is 1. The number of aryl methyl sites for hydroxylation is 3. The van der Waals surface area contributed by atoms with E-state index in [9.17, 15) is 0 Å². The van der Waals surface area contributed by atoms with Crippen LogP contribution < -0.4 is 10.1 Å². The Morgan fingerprint density at radius 3 is 2.14 bits per heavy atom. The lowest BCUT2D eigenvalue weighted by Crippen LogP contribution is -2.27. The number of likely N-dealkylation sites (N-methyl/N-ethyl adjacent to an activating group) is 1. The molecule has 2 aromatic rings. The van der Waals surface area contributed by atoms with Crippen molar-refractivity contribution in [2.45, 2.75) is 33.7 Å². The Morgan fingerprint density at radius 1 is 0.905 bits per heavy atom. The zero-order valence-corrected chi connectivity index (χ0v) is 13.4. The third kappa shape index (κ3) is 3.85. The Kier molecular flexibility index (Phi) is 5.40. The third-order valence-corrected chi connectivity index (χ3v) is 3.82. The first-order chi connectivity index (χ1) is 10.1. The van der Waals surface area contributed by atoms with Crippen LogP contribution in [0.3, 0.4) is 0 Å². The summed E-state index contributed by atoms with van der Waals surface area (Å²) in [5.41, 5.74) is 4.99. The molecule has 112 valence electrons. The monoisotopic (exact) mass is 283 g/mol. The summed E-state index contributed by atoms with van der Waals surface area (Å²) in [4.78, 5) is 0. The van der Waals surface area contributed by atoms with Crippen LogP contribution in [0, 0.1) is 20.8 Å². The maximum atomic E-state index is 6.13. The van der Waals surface area contributed by atoms with Crippen LogP contribution in [0.4, 0.5) is 0 Å². The summed E-state index contributed by atoms with van der Waals surface area (Å²) >= 11 is 0. The van der Waals surface area contributed by atoms with Crippen LogP contribution in [0.25, 0.3) is 0 Å². The number of rotatable bonds is 6. The van der Waals surface area contributed by atoms with Gasteiger partial charge in [-0.3, -0.25) is 0 Å². The van der Waals surface area contributed by atoms with Gasteiger partial charge in [0.1, 0.15) is 12.4 Å². The molecule has 0 spiro atoms. The highest BCUT2D eigenvalue weighted by Crippen LogP contribution is 2.25. The van der Waals surface area contributed by atoms with Crippen molar-refractivity contribution in [3.8, 4) is 5.75 Å². The zero-order chi connectivity index (χ0) is 15.2. The van der Waals surface area contributed by atoms with Gasteiger partial charge in [-0.15, -0.1) is 0 Å². The van der Waals surface area contributed by atoms with E-state index in [1.807, 2.05) is 0 Å². The van der Waals surface area contributed by atoms with E-state index >= 15 is 0 Å². The van der Waals surface area contributed by atoms with E-state index in [1.165, 1.54) is 22.3 Å². The van der Waals surface area contributed by atoms with Gasteiger partial charge < -0.3 is 10.1 Å². The van der Waals surface area contributed by atoms with E-state index < -0.39 is 0 Å². The number of para-hydroxylation sites is 1. The van der Waals surface area contributed by atoms with Gasteiger partial charge in [-0.1, -0.05) is 49.4 Å². The largest absolute Gasteiger partial charge is 0.491 e. The molecule has 0 aliphatic carbocycles. The van der Waals surface area contributed by atoms with Gasteiger partial charge in [0.05, 0.1) is 6.04 Å². The summed E-state index contributed by atoms with van der Waals surface area (Å²) in [5, 5.41) is 3.52. The Hall–Kier alpha value is -1.80. The smallest absolute Gasteiger partial charge is 0.125 e. The molecular weight excluding hydrogens is 258 g/mol. The lowest BCUT2D eigenvalue weighted by atomic mass is 10.0. The summed E-state index contributed by atoms with van der Waals surface area (Å²) in [6, 6.07) is 15.0. The number of ether oxygens (including phenoxy) is 1. The molecule has 2 nitrogen and oxygen atoms in total. The molecule has 1 atom stereocenters. The molecule has 0 aliphatic heterocycles. The number of hydrogen-bond acceptors (Lipinski definition) is 2. The fourth-order valence-corrected chi connectivity index (χ4v) is 2.68. The van der Waals surface area contributed by atoms with Crippen molar-refractivity contribution < 1.29 is 4.74 Å². The van der Waals surface area contributed by atoms with E-state index in [0.717, 1.165) is 12.3 Å². The highest BCUT2D eigenvalue weighted by Gasteiger charge is 2.14. The standard InChI is InChI=1S/C19H25NO/c1-5-20-18(17-12-7-6-9-14(17)2)13-21-19-15(3)10-8-11-16(19)4/h6-12,18,20H,5,13H2,1-4H3. The molecular formula is C19H25NO. The summed E-state index contributed by atoms with van der Waals surface area (Å²) < 4.78 is 6.13. The van der Waals surface area contributed by atoms with Gasteiger partial charge in [-0.05, 0) is 49.6 Å². The second-order valence-electron chi connectivity index (χ2n) is 5.50. The summed E-state index contributed by atoms with van der Waals surface area (Å²) in [7, 11) is 0. The van der Waals surface area contributed by atoms with Crippen molar-refractivity contribution in [3.63, 3.8) is 0 Å². The van der Waals surface area contributed by atoms with Crippen LogP contribution in [-0.2, 0) is 0 Å². The minimum atomic E-state index is 0.218. The Bertz CT molecular complexity index is 572. The highest BCUT2D eigenvalue weighted by molar-refractivity contribution is 5.40. The third-order valence-electron chi connectivity index (χ3n) is 3.82. The average Bonchev–Trinajstić information content (AvgIpc) is 2.46. The van der Waals surface area contributed by atoms with Crippen LogP contribution in [0.15, 0.2) is 42.5 Å². The topological polar surface area (TPSA) is 21.3 Å². The molecule has 1 N–H and O–H groups in total. The Labute approximate surface area is 128 Å². The van der Waals surface area contributed by atoms with Crippen molar-refractivity contribution in [2.75, 3.05) is 13.2 Å². The molecule has 0 aromatic heterocycles. The number of nitrogens with one attached hydrogen (secondary N) is 1. The van der Waals surface area contributed by atoms with Gasteiger partial charge in [0, 0.05) is 0 Å². The van der Waals surface area contributed by atoms with Gasteiger partial charge in [0.25, 0.3) is 0 Å². The normalized spacial score (nSPS) is 12.2. The minimum absolute atomic E-state index is 0.218. The van der Waals surface area contributed by atoms with E-state index in [0.29, 0.717) is 6.61 Å². The molecule has 2 rings (SSSR count). The maximum absolute atomic E-state index is 6.13. The van der Waals surface area contributed by atoms with E-state index in [4.69, 9.17) is 4.74 Å². The number of benzene rings is 2. The van der Waals surface area contributed by atoms with Crippen LogP contribution in [-0.4, -0.2) is 13.2 Å². The highest BCUT2D eigenvalue weighted by atomic mass is 16.5. The molecule has 0 fully saturated rings. The molecule has 0 saturated heterocycles. The molecule has 0 radical (unpaired) electrons. The SMILES string of the molecule is CCNC(COc1c(C)cccc1C)c1ccccc1C. The van der Waals surface area contributed by atoms with Gasteiger partial charge in [0.2, 0.25) is 0 Å². The summed E-state index contributed by atoms with van der Waals surface area (Å²) in [5.74, 6) is 1.01. The summed E-state index contributed by atoms with van der Waals surface area (Å²) in [6.07, 6.45) is 0.